The molecule has 0 fully saturated rings. The second-order valence-corrected chi connectivity index (χ2v) is 4.86. The predicted molar refractivity (Wildman–Crippen MR) is 73.5 cm³/mol. The summed E-state index contributed by atoms with van der Waals surface area (Å²) in [6.07, 6.45) is 0.886. The highest BCUT2D eigenvalue weighted by atomic mass is 16.1. The summed E-state index contributed by atoms with van der Waals surface area (Å²) in [5.41, 5.74) is 11.5. The Morgan fingerprint density at radius 2 is 2.11 bits per heavy atom. The van der Waals surface area contributed by atoms with Crippen molar-refractivity contribution in [3.8, 4) is 0 Å². The highest BCUT2D eigenvalue weighted by molar-refractivity contribution is 5.91. The monoisotopic (exact) mass is 250 g/mol. The summed E-state index contributed by atoms with van der Waals surface area (Å²) in [5.74, 6) is 0.690. The first kappa shape index (κ1) is 14.4. The highest BCUT2D eigenvalue weighted by Gasteiger charge is 2.11. The van der Waals surface area contributed by atoms with E-state index in [1.165, 1.54) is 0 Å². The summed E-state index contributed by atoms with van der Waals surface area (Å²) < 4.78 is 0. The van der Waals surface area contributed by atoms with Crippen LogP contribution in [-0.2, 0) is 0 Å². The molecule has 1 aromatic heterocycles. The topological polar surface area (TPSA) is 85.2 Å². The molecule has 1 atom stereocenters. The largest absolute Gasteiger partial charge is 0.364 e. The van der Waals surface area contributed by atoms with E-state index >= 15 is 0 Å². The summed E-state index contributed by atoms with van der Waals surface area (Å²) >= 11 is 0. The van der Waals surface area contributed by atoms with Crippen LogP contribution in [0, 0.1) is 5.92 Å². The van der Waals surface area contributed by atoms with Gasteiger partial charge in [-0.2, -0.15) is 0 Å². The third-order valence-electron chi connectivity index (χ3n) is 3.03. The van der Waals surface area contributed by atoms with Crippen molar-refractivity contribution >= 4 is 11.7 Å². The van der Waals surface area contributed by atoms with Crippen molar-refractivity contribution in [2.24, 2.45) is 17.4 Å². The number of aromatic nitrogens is 1. The molecule has 100 valence electrons. The third-order valence-corrected chi connectivity index (χ3v) is 3.03. The van der Waals surface area contributed by atoms with Crippen LogP contribution in [0.4, 0.5) is 5.82 Å². The zero-order valence-corrected chi connectivity index (χ0v) is 11.3. The van der Waals surface area contributed by atoms with E-state index in [0.717, 1.165) is 18.8 Å². The molecule has 0 aromatic carbocycles. The van der Waals surface area contributed by atoms with Crippen LogP contribution >= 0.6 is 0 Å². The Morgan fingerprint density at radius 1 is 1.44 bits per heavy atom. The fourth-order valence-electron chi connectivity index (χ4n) is 1.56. The van der Waals surface area contributed by atoms with Gasteiger partial charge in [0.2, 0.25) is 0 Å². The lowest BCUT2D eigenvalue weighted by atomic mass is 10.0. The van der Waals surface area contributed by atoms with Gasteiger partial charge in [0.05, 0.1) is 0 Å². The minimum absolute atomic E-state index is 0.173. The normalized spacial score (nSPS) is 12.5. The molecule has 0 radical (unpaired) electrons. The molecule has 4 N–H and O–H groups in total. The number of amides is 1. The summed E-state index contributed by atoms with van der Waals surface area (Å²) in [4.78, 5) is 17.2. The molecular weight excluding hydrogens is 228 g/mol. The van der Waals surface area contributed by atoms with E-state index < -0.39 is 5.91 Å². The molecule has 18 heavy (non-hydrogen) atoms. The van der Waals surface area contributed by atoms with Gasteiger partial charge in [-0.1, -0.05) is 19.9 Å². The fraction of sp³-hybridized carbons (Fsp3) is 0.538. The third kappa shape index (κ3) is 4.00. The maximum Gasteiger partial charge on any atom is 0.267 e. The molecule has 0 aliphatic carbocycles. The first-order chi connectivity index (χ1) is 8.41. The molecule has 0 bridgehead atoms. The van der Waals surface area contributed by atoms with Gasteiger partial charge in [-0.15, -0.1) is 0 Å². The van der Waals surface area contributed by atoms with Crippen LogP contribution in [0.1, 0.15) is 30.8 Å². The average Bonchev–Trinajstić information content (AvgIpc) is 2.35. The minimum atomic E-state index is -0.510. The van der Waals surface area contributed by atoms with Crippen LogP contribution < -0.4 is 16.4 Å². The average molecular weight is 250 g/mol. The number of carbonyl (C=O) groups excluding carboxylic acids is 1. The van der Waals surface area contributed by atoms with E-state index in [1.54, 1.807) is 12.1 Å². The van der Waals surface area contributed by atoms with Crippen molar-refractivity contribution < 1.29 is 4.79 Å². The molecule has 1 heterocycles. The van der Waals surface area contributed by atoms with Gasteiger partial charge < -0.3 is 16.4 Å². The Hall–Kier alpha value is -1.62. The van der Waals surface area contributed by atoms with Crippen molar-refractivity contribution in [3.05, 3.63) is 23.9 Å². The molecule has 5 nitrogen and oxygen atoms in total. The van der Waals surface area contributed by atoms with Crippen molar-refractivity contribution in [3.63, 3.8) is 0 Å². The first-order valence-electron chi connectivity index (χ1n) is 6.15. The Balaban J connectivity index is 2.64. The van der Waals surface area contributed by atoms with Crippen LogP contribution in [0.2, 0.25) is 0 Å². The molecule has 0 saturated carbocycles. The van der Waals surface area contributed by atoms with Crippen molar-refractivity contribution in [1.29, 1.82) is 0 Å². The number of pyridine rings is 1. The van der Waals surface area contributed by atoms with Crippen LogP contribution in [0.25, 0.3) is 0 Å². The number of carbonyl (C=O) groups is 1. The van der Waals surface area contributed by atoms with Gasteiger partial charge >= 0.3 is 0 Å². The van der Waals surface area contributed by atoms with Crippen LogP contribution in [0.15, 0.2) is 18.2 Å². The van der Waals surface area contributed by atoms with Crippen LogP contribution in [-0.4, -0.2) is 30.5 Å². The number of anilines is 1. The standard InChI is InChI=1S/C13H22N4O/c1-9(2)10(14)7-8-17(3)12-6-4-5-11(16-12)13(15)18/h4-6,9-10H,7-8,14H2,1-3H3,(H2,15,18). The van der Waals surface area contributed by atoms with Crippen molar-refractivity contribution in [2.75, 3.05) is 18.5 Å². The molecule has 0 aliphatic heterocycles. The Morgan fingerprint density at radius 3 is 2.67 bits per heavy atom. The van der Waals surface area contributed by atoms with Gasteiger partial charge in [-0.05, 0) is 24.5 Å². The number of nitrogens with zero attached hydrogens (tertiary/aromatic N) is 2. The van der Waals surface area contributed by atoms with E-state index in [4.69, 9.17) is 11.5 Å². The lowest BCUT2D eigenvalue weighted by Crippen LogP contribution is -2.32. The molecule has 1 rings (SSSR count). The van der Waals surface area contributed by atoms with Crippen molar-refractivity contribution in [2.45, 2.75) is 26.3 Å². The molecule has 1 amide bonds. The lowest BCUT2D eigenvalue weighted by molar-refractivity contribution is 0.0995. The number of hydrogen-bond donors (Lipinski definition) is 2. The maximum atomic E-state index is 11.1. The highest BCUT2D eigenvalue weighted by Crippen LogP contribution is 2.11. The second-order valence-electron chi connectivity index (χ2n) is 4.86. The van der Waals surface area contributed by atoms with Gasteiger partial charge in [0.1, 0.15) is 11.5 Å². The quantitative estimate of drug-likeness (QED) is 0.788. The molecule has 0 saturated heterocycles. The summed E-state index contributed by atoms with van der Waals surface area (Å²) in [7, 11) is 1.93. The number of hydrogen-bond acceptors (Lipinski definition) is 4. The molecule has 1 aromatic rings. The second kappa shape index (κ2) is 6.35. The number of primary amides is 1. The van der Waals surface area contributed by atoms with Crippen LogP contribution in [0.3, 0.4) is 0 Å². The van der Waals surface area contributed by atoms with E-state index in [-0.39, 0.29) is 11.7 Å². The van der Waals surface area contributed by atoms with Crippen molar-refractivity contribution in [1.82, 2.24) is 4.98 Å². The summed E-state index contributed by atoms with van der Waals surface area (Å²) in [6, 6.07) is 5.42. The van der Waals surface area contributed by atoms with Gasteiger partial charge in [0, 0.05) is 19.6 Å². The molecule has 0 aliphatic rings. The SMILES string of the molecule is CC(C)C(N)CCN(C)c1cccc(C(N)=O)n1. The fourth-order valence-corrected chi connectivity index (χ4v) is 1.56. The Labute approximate surface area is 108 Å². The summed E-state index contributed by atoms with van der Waals surface area (Å²) in [6.45, 7) is 5.02. The molecular formula is C13H22N4O. The molecule has 0 spiro atoms. The summed E-state index contributed by atoms with van der Waals surface area (Å²) in [5, 5.41) is 0. The Kier molecular flexibility index (Phi) is 5.09. The van der Waals surface area contributed by atoms with E-state index in [0.29, 0.717) is 5.92 Å². The zero-order valence-electron chi connectivity index (χ0n) is 11.3. The Bertz CT molecular complexity index is 406. The predicted octanol–water partition coefficient (Wildman–Crippen LogP) is 0.990. The van der Waals surface area contributed by atoms with E-state index in [9.17, 15) is 4.79 Å². The number of nitrogens with two attached hydrogens (primary N) is 2. The zero-order chi connectivity index (χ0) is 13.7. The lowest BCUT2D eigenvalue weighted by Gasteiger charge is -2.22. The molecule has 1 unspecified atom stereocenters. The van der Waals surface area contributed by atoms with Gasteiger partial charge in [-0.3, -0.25) is 4.79 Å². The van der Waals surface area contributed by atoms with Gasteiger partial charge in [0.25, 0.3) is 5.91 Å². The minimum Gasteiger partial charge on any atom is -0.364 e. The molecule has 5 heteroatoms. The van der Waals surface area contributed by atoms with Gasteiger partial charge in [0.15, 0.2) is 0 Å². The smallest absolute Gasteiger partial charge is 0.267 e. The van der Waals surface area contributed by atoms with Crippen LogP contribution in [0.5, 0.6) is 0 Å². The van der Waals surface area contributed by atoms with E-state index in [2.05, 4.69) is 18.8 Å². The first-order valence-corrected chi connectivity index (χ1v) is 6.15. The van der Waals surface area contributed by atoms with E-state index in [1.807, 2.05) is 18.0 Å². The van der Waals surface area contributed by atoms with Gasteiger partial charge in [-0.25, -0.2) is 4.98 Å². The maximum absolute atomic E-state index is 11.1. The number of rotatable bonds is 6.